The predicted octanol–water partition coefficient (Wildman–Crippen LogP) is 4.16. The van der Waals surface area contributed by atoms with Gasteiger partial charge in [0.1, 0.15) is 5.82 Å². The summed E-state index contributed by atoms with van der Waals surface area (Å²) in [4.78, 5) is 13.6. The minimum atomic E-state index is -0.311. The van der Waals surface area contributed by atoms with Crippen molar-refractivity contribution in [3.8, 4) is 0 Å². The van der Waals surface area contributed by atoms with Gasteiger partial charge in [0.15, 0.2) is 0 Å². The van der Waals surface area contributed by atoms with E-state index in [2.05, 4.69) is 0 Å². The number of hydrogen-bond acceptors (Lipinski definition) is 2. The second-order valence-electron chi connectivity index (χ2n) is 3.96. The molecular weight excluding hydrogens is 247 g/mol. The molecule has 0 unspecified atom stereocenters. The lowest BCUT2D eigenvalue weighted by atomic mass is 10.1. The summed E-state index contributed by atoms with van der Waals surface area (Å²) in [5.41, 5.74) is 1.14. The monoisotopic (exact) mass is 256 g/mol. The SMILES string of the molecule is O=C1/C(=C/c2ccccc2F)Sc2ccccc21. The van der Waals surface area contributed by atoms with Gasteiger partial charge in [0.05, 0.1) is 4.91 Å². The second kappa shape index (κ2) is 4.42. The summed E-state index contributed by atoms with van der Waals surface area (Å²) in [5.74, 6) is -0.340. The average molecular weight is 256 g/mol. The van der Waals surface area contributed by atoms with Gasteiger partial charge in [-0.3, -0.25) is 4.79 Å². The van der Waals surface area contributed by atoms with E-state index in [0.717, 1.165) is 4.90 Å². The number of benzene rings is 2. The normalized spacial score (nSPS) is 16.1. The minimum absolute atomic E-state index is 0.0288. The first-order valence-electron chi connectivity index (χ1n) is 5.53. The van der Waals surface area contributed by atoms with E-state index in [0.29, 0.717) is 16.0 Å². The molecule has 0 amide bonds. The van der Waals surface area contributed by atoms with E-state index in [9.17, 15) is 9.18 Å². The molecule has 3 heteroatoms. The van der Waals surface area contributed by atoms with Crippen molar-refractivity contribution in [2.24, 2.45) is 0 Å². The lowest BCUT2D eigenvalue weighted by Crippen LogP contribution is -1.94. The van der Waals surface area contributed by atoms with Crippen molar-refractivity contribution in [3.63, 3.8) is 0 Å². The molecule has 0 saturated carbocycles. The molecular formula is C15H9FOS. The molecule has 1 nitrogen and oxygen atoms in total. The van der Waals surface area contributed by atoms with Gasteiger partial charge in [-0.25, -0.2) is 4.39 Å². The maximum Gasteiger partial charge on any atom is 0.200 e. The molecule has 1 aliphatic heterocycles. The number of halogens is 1. The van der Waals surface area contributed by atoms with Crippen LogP contribution in [0.1, 0.15) is 15.9 Å². The molecule has 0 atom stereocenters. The van der Waals surface area contributed by atoms with Crippen molar-refractivity contribution in [1.29, 1.82) is 0 Å². The summed E-state index contributed by atoms with van der Waals surface area (Å²) >= 11 is 1.39. The number of carbonyl (C=O) groups excluding carboxylic acids is 1. The largest absolute Gasteiger partial charge is 0.288 e. The van der Waals surface area contributed by atoms with E-state index in [-0.39, 0.29) is 11.6 Å². The van der Waals surface area contributed by atoms with Crippen molar-refractivity contribution < 1.29 is 9.18 Å². The van der Waals surface area contributed by atoms with Gasteiger partial charge in [-0.05, 0) is 24.3 Å². The van der Waals surface area contributed by atoms with E-state index in [1.54, 1.807) is 30.3 Å². The topological polar surface area (TPSA) is 17.1 Å². The van der Waals surface area contributed by atoms with Gasteiger partial charge in [0.2, 0.25) is 5.78 Å². The van der Waals surface area contributed by atoms with Gasteiger partial charge in [-0.1, -0.05) is 42.1 Å². The maximum absolute atomic E-state index is 13.5. The summed E-state index contributed by atoms with van der Waals surface area (Å²) in [5, 5.41) is 0. The molecule has 3 rings (SSSR count). The summed E-state index contributed by atoms with van der Waals surface area (Å²) in [6.45, 7) is 0. The van der Waals surface area contributed by atoms with E-state index in [1.807, 2.05) is 18.2 Å². The molecule has 88 valence electrons. The Morgan fingerprint density at radius 3 is 2.50 bits per heavy atom. The Morgan fingerprint density at radius 2 is 1.72 bits per heavy atom. The zero-order valence-corrected chi connectivity index (χ0v) is 10.2. The fraction of sp³-hybridized carbons (Fsp3) is 0. The first-order chi connectivity index (χ1) is 8.75. The van der Waals surface area contributed by atoms with Crippen LogP contribution in [0, 0.1) is 5.82 Å². The maximum atomic E-state index is 13.5. The number of fused-ring (bicyclic) bond motifs is 1. The molecule has 0 radical (unpaired) electrons. The quantitative estimate of drug-likeness (QED) is 0.713. The van der Waals surface area contributed by atoms with Crippen molar-refractivity contribution in [2.45, 2.75) is 4.90 Å². The summed E-state index contributed by atoms with van der Waals surface area (Å²) in [6, 6.07) is 13.9. The van der Waals surface area contributed by atoms with Crippen LogP contribution in [-0.2, 0) is 0 Å². The molecule has 2 aromatic carbocycles. The third-order valence-corrected chi connectivity index (χ3v) is 3.87. The highest BCUT2D eigenvalue weighted by Gasteiger charge is 2.25. The predicted molar refractivity (Wildman–Crippen MR) is 71.0 cm³/mol. The molecule has 18 heavy (non-hydrogen) atoms. The highest BCUT2D eigenvalue weighted by Crippen LogP contribution is 2.40. The number of thioether (sulfide) groups is 1. The van der Waals surface area contributed by atoms with Crippen molar-refractivity contribution in [3.05, 3.63) is 70.4 Å². The molecule has 0 fully saturated rings. The number of carbonyl (C=O) groups is 1. The number of allylic oxidation sites excluding steroid dienone is 1. The fourth-order valence-electron chi connectivity index (χ4n) is 1.87. The molecule has 0 saturated heterocycles. The Hall–Kier alpha value is -1.87. The van der Waals surface area contributed by atoms with Crippen LogP contribution >= 0.6 is 11.8 Å². The molecule has 0 spiro atoms. The van der Waals surface area contributed by atoms with Gasteiger partial charge in [0, 0.05) is 16.0 Å². The summed E-state index contributed by atoms with van der Waals surface area (Å²) < 4.78 is 13.5. The van der Waals surface area contributed by atoms with Crippen LogP contribution in [0.25, 0.3) is 6.08 Å². The molecule has 0 N–H and O–H groups in total. The van der Waals surface area contributed by atoms with Gasteiger partial charge in [-0.2, -0.15) is 0 Å². The van der Waals surface area contributed by atoms with Crippen molar-refractivity contribution in [1.82, 2.24) is 0 Å². The smallest absolute Gasteiger partial charge is 0.200 e. The van der Waals surface area contributed by atoms with E-state index < -0.39 is 0 Å². The third-order valence-electron chi connectivity index (χ3n) is 2.77. The highest BCUT2D eigenvalue weighted by atomic mass is 32.2. The average Bonchev–Trinajstić information content (AvgIpc) is 2.70. The zero-order chi connectivity index (χ0) is 12.5. The molecule has 0 bridgehead atoms. The lowest BCUT2D eigenvalue weighted by molar-refractivity contribution is 0.104. The molecule has 0 aromatic heterocycles. The fourth-order valence-corrected chi connectivity index (χ4v) is 2.91. The Bertz CT molecular complexity index is 661. The Morgan fingerprint density at radius 1 is 1.00 bits per heavy atom. The third kappa shape index (κ3) is 1.87. The van der Waals surface area contributed by atoms with Gasteiger partial charge < -0.3 is 0 Å². The van der Waals surface area contributed by atoms with Gasteiger partial charge in [-0.15, -0.1) is 0 Å². The molecule has 1 aliphatic rings. The van der Waals surface area contributed by atoms with Crippen LogP contribution in [0.15, 0.2) is 58.3 Å². The van der Waals surface area contributed by atoms with E-state index in [4.69, 9.17) is 0 Å². The number of hydrogen-bond donors (Lipinski definition) is 0. The lowest BCUT2D eigenvalue weighted by Gasteiger charge is -1.97. The first kappa shape index (κ1) is 11.2. The second-order valence-corrected chi connectivity index (χ2v) is 5.04. The van der Waals surface area contributed by atoms with Crippen LogP contribution in [0.3, 0.4) is 0 Å². The molecule has 2 aromatic rings. The summed E-state index contributed by atoms with van der Waals surface area (Å²) in [7, 11) is 0. The standard InChI is InChI=1S/C15H9FOS/c16-12-7-3-1-5-10(12)9-14-15(17)11-6-2-4-8-13(11)18-14/h1-9H/b14-9-. The minimum Gasteiger partial charge on any atom is -0.288 e. The van der Waals surface area contributed by atoms with Crippen LogP contribution in [-0.4, -0.2) is 5.78 Å². The Labute approximate surface area is 108 Å². The van der Waals surface area contributed by atoms with Crippen molar-refractivity contribution >= 4 is 23.6 Å². The zero-order valence-electron chi connectivity index (χ0n) is 9.39. The van der Waals surface area contributed by atoms with Crippen molar-refractivity contribution in [2.75, 3.05) is 0 Å². The van der Waals surface area contributed by atoms with E-state index >= 15 is 0 Å². The highest BCUT2D eigenvalue weighted by molar-refractivity contribution is 8.04. The van der Waals surface area contributed by atoms with E-state index in [1.165, 1.54) is 17.8 Å². The molecule has 0 aliphatic carbocycles. The Balaban J connectivity index is 2.02. The summed E-state index contributed by atoms with van der Waals surface area (Å²) in [6.07, 6.45) is 1.61. The van der Waals surface area contributed by atoms with Crippen LogP contribution < -0.4 is 0 Å². The van der Waals surface area contributed by atoms with Crippen LogP contribution in [0.4, 0.5) is 4.39 Å². The van der Waals surface area contributed by atoms with Gasteiger partial charge >= 0.3 is 0 Å². The number of Topliss-reactive ketones (excluding diaryl/α,β-unsaturated/α-hetero) is 1. The van der Waals surface area contributed by atoms with Crippen LogP contribution in [0.5, 0.6) is 0 Å². The first-order valence-corrected chi connectivity index (χ1v) is 6.35. The Kier molecular flexibility index (Phi) is 2.76. The van der Waals surface area contributed by atoms with Crippen LogP contribution in [0.2, 0.25) is 0 Å². The number of rotatable bonds is 1. The number of ketones is 1. The molecule has 1 heterocycles. The van der Waals surface area contributed by atoms with Gasteiger partial charge in [0.25, 0.3) is 0 Å².